The molecule has 0 radical (unpaired) electrons. The van der Waals surface area contributed by atoms with Crippen LogP contribution in [0.2, 0.25) is 0 Å². The van der Waals surface area contributed by atoms with Crippen molar-refractivity contribution < 1.29 is 22.5 Å². The van der Waals surface area contributed by atoms with Crippen LogP contribution in [0, 0.1) is 5.41 Å². The average Bonchev–Trinajstić information content (AvgIpc) is 3.09. The van der Waals surface area contributed by atoms with Crippen LogP contribution in [-0.4, -0.2) is 16.0 Å². The molecule has 5 nitrogen and oxygen atoms in total. The molecule has 0 saturated heterocycles. The topological polar surface area (TPSA) is 68.0 Å². The van der Waals surface area contributed by atoms with Gasteiger partial charge in [0.1, 0.15) is 0 Å². The Morgan fingerprint density at radius 1 is 1.15 bits per heavy atom. The van der Waals surface area contributed by atoms with Gasteiger partial charge in [0.2, 0.25) is 5.91 Å². The van der Waals surface area contributed by atoms with Gasteiger partial charge in [-0.25, -0.2) is 0 Å². The van der Waals surface area contributed by atoms with Gasteiger partial charge in [0.05, 0.1) is 0 Å². The predicted molar refractivity (Wildman–Crippen MR) is 95.1 cm³/mol. The number of hydrogen-bond donors (Lipinski definition) is 1. The number of rotatable bonds is 8. The van der Waals surface area contributed by atoms with E-state index >= 15 is 0 Å². The van der Waals surface area contributed by atoms with Gasteiger partial charge in [0, 0.05) is 17.5 Å². The number of aromatic nitrogens is 2. The van der Waals surface area contributed by atoms with Gasteiger partial charge in [-0.15, -0.1) is 0 Å². The number of amides is 1. The van der Waals surface area contributed by atoms with Crippen molar-refractivity contribution in [3.05, 3.63) is 41.5 Å². The van der Waals surface area contributed by atoms with Crippen molar-refractivity contribution in [2.45, 2.75) is 59.1 Å². The minimum atomic E-state index is -4.62. The van der Waals surface area contributed by atoms with Crippen LogP contribution in [-0.2, 0) is 23.8 Å². The summed E-state index contributed by atoms with van der Waals surface area (Å²) in [6.07, 6.45) is -1.60. The van der Waals surface area contributed by atoms with E-state index in [4.69, 9.17) is 0 Å². The second-order valence-corrected chi connectivity index (χ2v) is 7.11. The molecule has 1 N–H and O–H groups in total. The van der Waals surface area contributed by atoms with E-state index in [-0.39, 0.29) is 18.2 Å². The molecule has 0 aliphatic heterocycles. The molecular formula is C19H24F3N3O2. The molecule has 0 fully saturated rings. The molecule has 0 aliphatic rings. The minimum absolute atomic E-state index is 0.0283. The summed E-state index contributed by atoms with van der Waals surface area (Å²) < 4.78 is 41.4. The number of halogens is 3. The number of hydrogen-bond acceptors (Lipinski definition) is 4. The van der Waals surface area contributed by atoms with Crippen molar-refractivity contribution in [1.29, 1.82) is 0 Å². The monoisotopic (exact) mass is 383 g/mol. The first-order valence-corrected chi connectivity index (χ1v) is 8.92. The summed E-state index contributed by atoms with van der Waals surface area (Å²) in [7, 11) is 0. The van der Waals surface area contributed by atoms with Crippen LogP contribution < -0.4 is 5.32 Å². The van der Waals surface area contributed by atoms with E-state index in [2.05, 4.69) is 26.9 Å². The van der Waals surface area contributed by atoms with E-state index in [0.29, 0.717) is 19.3 Å². The number of carbonyl (C=O) groups excluding carboxylic acids is 1. The lowest BCUT2D eigenvalue weighted by Crippen LogP contribution is -2.30. The number of nitrogens with zero attached hydrogens (tertiary/aromatic N) is 2. The minimum Gasteiger partial charge on any atom is -0.329 e. The zero-order valence-corrected chi connectivity index (χ0v) is 15.7. The van der Waals surface area contributed by atoms with Crippen LogP contribution >= 0.6 is 0 Å². The maximum Gasteiger partial charge on any atom is 0.471 e. The number of anilines is 1. The molecule has 27 heavy (non-hydrogen) atoms. The normalized spacial score (nSPS) is 12.2. The molecule has 0 unspecified atom stereocenters. The Morgan fingerprint density at radius 3 is 2.37 bits per heavy atom. The summed E-state index contributed by atoms with van der Waals surface area (Å²) in [5.74, 6) is -1.39. The molecule has 8 heteroatoms. The highest BCUT2D eigenvalue weighted by atomic mass is 19.4. The maximum atomic E-state index is 12.5. The molecule has 1 amide bonds. The van der Waals surface area contributed by atoms with Crippen LogP contribution in [0.15, 0.2) is 28.8 Å². The molecule has 0 spiro atoms. The van der Waals surface area contributed by atoms with Crippen molar-refractivity contribution in [2.75, 3.05) is 5.32 Å². The molecule has 2 aromatic rings. The van der Waals surface area contributed by atoms with E-state index in [0.717, 1.165) is 12.1 Å². The summed E-state index contributed by atoms with van der Waals surface area (Å²) in [6.45, 7) is 5.76. The summed E-state index contributed by atoms with van der Waals surface area (Å²) >= 11 is 0. The Kier molecular flexibility index (Phi) is 6.62. The summed E-state index contributed by atoms with van der Waals surface area (Å²) in [4.78, 5) is 15.8. The number of carbonyl (C=O) groups is 1. The van der Waals surface area contributed by atoms with Gasteiger partial charge in [-0.2, -0.15) is 18.2 Å². The lowest BCUT2D eigenvalue weighted by Gasteiger charge is -2.23. The zero-order chi connectivity index (χ0) is 20.1. The highest BCUT2D eigenvalue weighted by molar-refractivity contribution is 5.94. The van der Waals surface area contributed by atoms with Crippen molar-refractivity contribution >= 4 is 11.6 Å². The average molecular weight is 383 g/mol. The van der Waals surface area contributed by atoms with Gasteiger partial charge in [-0.3, -0.25) is 4.79 Å². The lowest BCUT2D eigenvalue weighted by atomic mass is 9.85. The van der Waals surface area contributed by atoms with Crippen molar-refractivity contribution in [3.8, 4) is 0 Å². The van der Waals surface area contributed by atoms with Crippen LogP contribution in [0.1, 0.15) is 57.3 Å². The summed E-state index contributed by atoms with van der Waals surface area (Å²) in [5.41, 5.74) is 1.34. The number of nitrogens with one attached hydrogen (secondary N) is 1. The first-order valence-electron chi connectivity index (χ1n) is 8.92. The van der Waals surface area contributed by atoms with Gasteiger partial charge >= 0.3 is 12.1 Å². The fraction of sp³-hybridized carbons (Fsp3) is 0.526. The maximum absolute atomic E-state index is 12.5. The Hall–Kier alpha value is -2.38. The fourth-order valence-corrected chi connectivity index (χ4v) is 2.56. The standard InChI is InChI=1S/C19H24F3N3O2/c1-4-13-8-10-14(11-9-13)23-16(26)18(2,3)12-6-5-7-15-24-17(27-25-15)19(20,21)22/h8-11H,4-7,12H2,1-3H3,(H,23,26). The number of alkyl halides is 3. The Labute approximate surface area is 156 Å². The zero-order valence-electron chi connectivity index (χ0n) is 15.7. The Bertz CT molecular complexity index is 752. The Balaban J connectivity index is 1.79. The molecule has 0 saturated carbocycles. The summed E-state index contributed by atoms with van der Waals surface area (Å²) in [6, 6.07) is 7.70. The molecule has 1 heterocycles. The summed E-state index contributed by atoms with van der Waals surface area (Å²) in [5, 5.41) is 6.24. The first-order chi connectivity index (χ1) is 12.6. The number of aryl methyl sites for hydroxylation is 2. The lowest BCUT2D eigenvalue weighted by molar-refractivity contribution is -0.159. The van der Waals surface area contributed by atoms with E-state index in [1.807, 2.05) is 38.1 Å². The van der Waals surface area contributed by atoms with Crippen molar-refractivity contribution in [1.82, 2.24) is 10.1 Å². The second-order valence-electron chi connectivity index (χ2n) is 7.11. The highest BCUT2D eigenvalue weighted by Crippen LogP contribution is 2.28. The highest BCUT2D eigenvalue weighted by Gasteiger charge is 2.38. The second kappa shape index (κ2) is 8.54. The van der Waals surface area contributed by atoms with Crippen LogP contribution in [0.5, 0.6) is 0 Å². The SMILES string of the molecule is CCc1ccc(NC(=O)C(C)(C)CCCCc2noc(C(F)(F)F)n2)cc1. The van der Waals surface area contributed by atoms with Crippen molar-refractivity contribution in [2.24, 2.45) is 5.41 Å². The molecular weight excluding hydrogens is 359 g/mol. The predicted octanol–water partition coefficient (Wildman–Crippen LogP) is 5.03. The van der Waals surface area contributed by atoms with Crippen LogP contribution in [0.3, 0.4) is 0 Å². The van der Waals surface area contributed by atoms with Crippen LogP contribution in [0.4, 0.5) is 18.9 Å². The third-order valence-electron chi connectivity index (χ3n) is 4.40. The van der Waals surface area contributed by atoms with Gasteiger partial charge in [-0.1, -0.05) is 44.5 Å². The quantitative estimate of drug-likeness (QED) is 0.649. The molecule has 0 atom stereocenters. The van der Waals surface area contributed by atoms with E-state index < -0.39 is 17.5 Å². The van der Waals surface area contributed by atoms with Gasteiger partial charge in [0.15, 0.2) is 5.82 Å². The third kappa shape index (κ3) is 6.08. The third-order valence-corrected chi connectivity index (χ3v) is 4.40. The van der Waals surface area contributed by atoms with Crippen molar-refractivity contribution in [3.63, 3.8) is 0 Å². The molecule has 0 aliphatic carbocycles. The van der Waals surface area contributed by atoms with Gasteiger partial charge in [-0.05, 0) is 37.0 Å². The molecule has 2 rings (SSSR count). The van der Waals surface area contributed by atoms with E-state index in [1.54, 1.807) is 0 Å². The smallest absolute Gasteiger partial charge is 0.329 e. The Morgan fingerprint density at radius 2 is 1.81 bits per heavy atom. The molecule has 148 valence electrons. The number of benzene rings is 1. The molecule has 1 aromatic carbocycles. The van der Waals surface area contributed by atoms with E-state index in [1.165, 1.54) is 5.56 Å². The molecule has 0 bridgehead atoms. The largest absolute Gasteiger partial charge is 0.471 e. The van der Waals surface area contributed by atoms with Gasteiger partial charge in [0.25, 0.3) is 0 Å². The van der Waals surface area contributed by atoms with E-state index in [9.17, 15) is 18.0 Å². The molecule has 1 aromatic heterocycles. The first kappa shape index (κ1) is 20.9. The van der Waals surface area contributed by atoms with Crippen LogP contribution in [0.25, 0.3) is 0 Å². The number of unbranched alkanes of at least 4 members (excludes halogenated alkanes) is 1. The van der Waals surface area contributed by atoms with Gasteiger partial charge < -0.3 is 9.84 Å². The fourth-order valence-electron chi connectivity index (χ4n) is 2.56.